The molecule has 6 heteroatoms. The number of amidine groups is 1. The molecule has 0 heterocycles. The molecule has 0 unspecified atom stereocenters. The van der Waals surface area contributed by atoms with Crippen LogP contribution in [0.2, 0.25) is 0 Å². The van der Waals surface area contributed by atoms with Gasteiger partial charge in [-0.05, 0) is 30.7 Å². The molecule has 6 nitrogen and oxygen atoms in total. The maximum Gasteiger partial charge on any atom is 0.170 e. The Bertz CT molecular complexity index is 441. The van der Waals surface area contributed by atoms with Crippen molar-refractivity contribution in [2.24, 2.45) is 10.9 Å². The first kappa shape index (κ1) is 16.3. The fraction of sp³-hybridized carbons (Fsp3) is 0.500. The van der Waals surface area contributed by atoms with Gasteiger partial charge in [-0.2, -0.15) is 0 Å². The van der Waals surface area contributed by atoms with Gasteiger partial charge < -0.3 is 25.3 Å². The molecule has 0 bridgehead atoms. The number of ether oxygens (including phenoxy) is 2. The largest absolute Gasteiger partial charge is 0.409 e. The molecule has 0 aliphatic rings. The standard InChI is InChI=1S/C14H23N3O3/c1-11-10-12(4-5-13(11)14(15)16-18)17(6-8-19-2)7-9-20-3/h4-5,10,18H,6-9H2,1-3H3,(H2,15,16). The predicted molar refractivity (Wildman–Crippen MR) is 79.7 cm³/mol. The van der Waals surface area contributed by atoms with Crippen LogP contribution in [0.5, 0.6) is 0 Å². The monoisotopic (exact) mass is 281 g/mol. The molecule has 1 aromatic rings. The SMILES string of the molecule is COCCN(CCOC)c1ccc(/C(N)=N/O)c(C)c1. The molecule has 0 aliphatic heterocycles. The molecular formula is C14H23N3O3. The summed E-state index contributed by atoms with van der Waals surface area (Å²) >= 11 is 0. The second kappa shape index (κ2) is 8.39. The Morgan fingerprint density at radius 1 is 1.25 bits per heavy atom. The minimum atomic E-state index is 0.120. The van der Waals surface area contributed by atoms with E-state index in [4.69, 9.17) is 20.4 Å². The van der Waals surface area contributed by atoms with E-state index < -0.39 is 0 Å². The van der Waals surface area contributed by atoms with E-state index in [-0.39, 0.29) is 5.84 Å². The van der Waals surface area contributed by atoms with Crippen molar-refractivity contribution in [1.82, 2.24) is 0 Å². The highest BCUT2D eigenvalue weighted by Gasteiger charge is 2.10. The molecule has 1 aromatic carbocycles. The van der Waals surface area contributed by atoms with Crippen LogP contribution in [-0.4, -0.2) is 51.6 Å². The lowest BCUT2D eigenvalue weighted by atomic mass is 10.1. The predicted octanol–water partition coefficient (Wildman–Crippen LogP) is 1.19. The third-order valence-corrected chi connectivity index (χ3v) is 3.09. The number of hydrogen-bond donors (Lipinski definition) is 2. The zero-order valence-corrected chi connectivity index (χ0v) is 12.3. The zero-order valence-electron chi connectivity index (χ0n) is 12.3. The van der Waals surface area contributed by atoms with Crippen LogP contribution in [0.15, 0.2) is 23.4 Å². The fourth-order valence-electron chi connectivity index (χ4n) is 1.96. The van der Waals surface area contributed by atoms with Crippen molar-refractivity contribution < 1.29 is 14.7 Å². The summed E-state index contributed by atoms with van der Waals surface area (Å²) in [4.78, 5) is 2.18. The molecule has 0 fully saturated rings. The highest BCUT2D eigenvalue weighted by molar-refractivity contribution is 5.98. The second-order valence-electron chi connectivity index (χ2n) is 4.46. The van der Waals surface area contributed by atoms with Crippen molar-refractivity contribution in [3.8, 4) is 0 Å². The quantitative estimate of drug-likeness (QED) is 0.324. The first-order chi connectivity index (χ1) is 9.63. The minimum absolute atomic E-state index is 0.120. The lowest BCUT2D eigenvalue weighted by molar-refractivity contribution is 0.190. The Hall–Kier alpha value is -1.79. The van der Waals surface area contributed by atoms with Crippen molar-refractivity contribution in [2.75, 3.05) is 45.4 Å². The van der Waals surface area contributed by atoms with Gasteiger partial charge in [0.15, 0.2) is 5.84 Å². The van der Waals surface area contributed by atoms with E-state index >= 15 is 0 Å². The lowest BCUT2D eigenvalue weighted by Gasteiger charge is -2.25. The molecule has 0 atom stereocenters. The van der Waals surface area contributed by atoms with Crippen molar-refractivity contribution in [2.45, 2.75) is 6.92 Å². The Kier molecular flexibility index (Phi) is 6.83. The van der Waals surface area contributed by atoms with E-state index in [2.05, 4.69) is 10.1 Å². The topological polar surface area (TPSA) is 80.3 Å². The molecule has 112 valence electrons. The molecule has 0 radical (unpaired) electrons. The average Bonchev–Trinajstić information content (AvgIpc) is 2.46. The molecule has 20 heavy (non-hydrogen) atoms. The third kappa shape index (κ3) is 4.40. The van der Waals surface area contributed by atoms with Gasteiger partial charge in [0.2, 0.25) is 0 Å². The first-order valence-electron chi connectivity index (χ1n) is 6.45. The molecule has 0 saturated carbocycles. The maximum atomic E-state index is 8.74. The molecule has 0 aromatic heterocycles. The van der Waals surface area contributed by atoms with Crippen LogP contribution in [-0.2, 0) is 9.47 Å². The van der Waals surface area contributed by atoms with Crippen molar-refractivity contribution in [1.29, 1.82) is 0 Å². The molecule has 0 aliphatic carbocycles. The number of aryl methyl sites for hydroxylation is 1. The smallest absolute Gasteiger partial charge is 0.170 e. The summed E-state index contributed by atoms with van der Waals surface area (Å²) in [5.74, 6) is 0.120. The molecule has 0 amide bonds. The van der Waals surface area contributed by atoms with Crippen LogP contribution in [0.1, 0.15) is 11.1 Å². The number of nitrogens with two attached hydrogens (primary N) is 1. The van der Waals surface area contributed by atoms with Gasteiger partial charge in [-0.3, -0.25) is 0 Å². The van der Waals surface area contributed by atoms with Crippen LogP contribution in [0.4, 0.5) is 5.69 Å². The van der Waals surface area contributed by atoms with E-state index in [1.165, 1.54) is 0 Å². The number of benzene rings is 1. The van der Waals surface area contributed by atoms with E-state index in [9.17, 15) is 0 Å². The van der Waals surface area contributed by atoms with Crippen LogP contribution in [0, 0.1) is 6.92 Å². The van der Waals surface area contributed by atoms with Crippen LogP contribution in [0.25, 0.3) is 0 Å². The van der Waals surface area contributed by atoms with Crippen molar-refractivity contribution in [3.63, 3.8) is 0 Å². The lowest BCUT2D eigenvalue weighted by Crippen LogP contribution is -2.30. The van der Waals surface area contributed by atoms with E-state index in [0.717, 1.165) is 29.9 Å². The number of rotatable bonds is 8. The Labute approximate surface area is 119 Å². The highest BCUT2D eigenvalue weighted by Crippen LogP contribution is 2.19. The van der Waals surface area contributed by atoms with Crippen LogP contribution >= 0.6 is 0 Å². The van der Waals surface area contributed by atoms with Gasteiger partial charge in [-0.25, -0.2) is 0 Å². The van der Waals surface area contributed by atoms with Crippen LogP contribution < -0.4 is 10.6 Å². The molecular weight excluding hydrogens is 258 g/mol. The Balaban J connectivity index is 2.93. The normalized spacial score (nSPS) is 11.7. The molecule has 0 saturated heterocycles. The Morgan fingerprint density at radius 3 is 2.30 bits per heavy atom. The molecule has 1 rings (SSSR count). The number of oxime groups is 1. The highest BCUT2D eigenvalue weighted by atomic mass is 16.5. The van der Waals surface area contributed by atoms with Crippen molar-refractivity contribution >= 4 is 11.5 Å². The van der Waals surface area contributed by atoms with E-state index in [1.54, 1.807) is 14.2 Å². The summed E-state index contributed by atoms with van der Waals surface area (Å²) in [6, 6.07) is 5.82. The number of nitrogens with zero attached hydrogens (tertiary/aromatic N) is 2. The van der Waals surface area contributed by atoms with Gasteiger partial charge in [0.05, 0.1) is 13.2 Å². The third-order valence-electron chi connectivity index (χ3n) is 3.09. The molecule has 3 N–H and O–H groups in total. The van der Waals surface area contributed by atoms with E-state index in [1.807, 2.05) is 25.1 Å². The summed E-state index contributed by atoms with van der Waals surface area (Å²) in [6.07, 6.45) is 0. The first-order valence-corrected chi connectivity index (χ1v) is 6.45. The van der Waals surface area contributed by atoms with Crippen molar-refractivity contribution in [3.05, 3.63) is 29.3 Å². The zero-order chi connectivity index (χ0) is 15.0. The summed E-state index contributed by atoms with van der Waals surface area (Å²) < 4.78 is 10.3. The van der Waals surface area contributed by atoms with Gasteiger partial charge in [-0.1, -0.05) is 5.16 Å². The fourth-order valence-corrected chi connectivity index (χ4v) is 1.96. The van der Waals surface area contributed by atoms with Gasteiger partial charge in [0, 0.05) is 38.6 Å². The summed E-state index contributed by atoms with van der Waals surface area (Å²) in [5.41, 5.74) is 8.38. The average molecular weight is 281 g/mol. The van der Waals surface area contributed by atoms with Crippen LogP contribution in [0.3, 0.4) is 0 Å². The summed E-state index contributed by atoms with van der Waals surface area (Å²) in [6.45, 7) is 4.78. The number of hydrogen-bond acceptors (Lipinski definition) is 5. The maximum absolute atomic E-state index is 8.74. The summed E-state index contributed by atoms with van der Waals surface area (Å²) in [5, 5.41) is 11.8. The number of methoxy groups -OCH3 is 2. The van der Waals surface area contributed by atoms with E-state index in [0.29, 0.717) is 13.2 Å². The van der Waals surface area contributed by atoms with Gasteiger partial charge in [0.1, 0.15) is 0 Å². The summed E-state index contributed by atoms with van der Waals surface area (Å²) in [7, 11) is 3.36. The van der Waals surface area contributed by atoms with Gasteiger partial charge in [-0.15, -0.1) is 0 Å². The second-order valence-corrected chi connectivity index (χ2v) is 4.46. The Morgan fingerprint density at radius 2 is 1.85 bits per heavy atom. The molecule has 0 spiro atoms. The van der Waals surface area contributed by atoms with Gasteiger partial charge >= 0.3 is 0 Å². The van der Waals surface area contributed by atoms with Gasteiger partial charge in [0.25, 0.3) is 0 Å². The number of anilines is 1. The minimum Gasteiger partial charge on any atom is -0.409 e.